The quantitative estimate of drug-likeness (QED) is 0.0838. The number of ether oxygens (including phenoxy) is 1. The second kappa shape index (κ2) is 15.2. The summed E-state index contributed by atoms with van der Waals surface area (Å²) in [5.41, 5.74) is 2.11. The molecule has 8 nitrogen and oxygen atoms in total. The number of likely N-dealkylation sites (N-methyl/N-ethyl adjacent to an activating group) is 1. The Hall–Kier alpha value is -1.18. The fourth-order valence-electron chi connectivity index (χ4n) is 9.89. The van der Waals surface area contributed by atoms with Crippen molar-refractivity contribution in [2.75, 3.05) is 47.4 Å². The van der Waals surface area contributed by atoms with Crippen LogP contribution in [0.4, 0.5) is 4.79 Å². The van der Waals surface area contributed by atoms with Gasteiger partial charge in [0.25, 0.3) is 0 Å². The van der Waals surface area contributed by atoms with Crippen molar-refractivity contribution in [2.45, 2.75) is 105 Å². The third-order valence-corrected chi connectivity index (χ3v) is 13.7. The van der Waals surface area contributed by atoms with Crippen LogP contribution in [-0.2, 0) is 18.3 Å². The predicted molar refractivity (Wildman–Crippen MR) is 185 cm³/mol. The Bertz CT molecular complexity index is 1150. The van der Waals surface area contributed by atoms with E-state index in [-0.39, 0.29) is 31.3 Å². The average Bonchev–Trinajstić information content (AvgIpc) is 3.32. The van der Waals surface area contributed by atoms with Crippen LogP contribution in [0.3, 0.4) is 0 Å². The summed E-state index contributed by atoms with van der Waals surface area (Å²) >= 11 is 0. The number of carbonyl (C=O) groups is 1. The molecule has 10 atom stereocenters. The standard InChI is InChI=1S/C37H65N2O6P/c1-10-28(26(2)3)12-11-27(4)32-15-16-33-31-14-13-29-25-30(17-19-36(29,5)34(31)18-20-37(32,33)6)45-35(40)38-21-23-43-46(41,42)44-24-22-39(7,8)9/h11-13,26-28,30-34H,10,14-25H2,1-9H3,(H-,38,40,41,42)/p+1/b12-11+/t27-,28-,30+,31?,32-,33?,34?,36+,37-/m1/s1. The number of nitrogens with zero attached hydrogens (tertiary/aromatic N) is 1. The summed E-state index contributed by atoms with van der Waals surface area (Å²) in [7, 11) is 1.77. The largest absolute Gasteiger partial charge is 0.472 e. The number of nitrogens with one attached hydrogen (secondary N) is 1. The Labute approximate surface area is 280 Å². The van der Waals surface area contributed by atoms with Crippen molar-refractivity contribution in [1.82, 2.24) is 5.32 Å². The summed E-state index contributed by atoms with van der Waals surface area (Å²) < 4.78 is 28.6. The fraction of sp³-hybridized carbons (Fsp3) is 0.865. The van der Waals surface area contributed by atoms with Gasteiger partial charge in [-0.1, -0.05) is 65.3 Å². The van der Waals surface area contributed by atoms with Crippen LogP contribution < -0.4 is 5.32 Å². The number of fused-ring (bicyclic) bond motifs is 5. The van der Waals surface area contributed by atoms with Gasteiger partial charge in [0.05, 0.1) is 27.7 Å². The Morgan fingerprint density at radius 2 is 1.78 bits per heavy atom. The van der Waals surface area contributed by atoms with Gasteiger partial charge in [0.2, 0.25) is 0 Å². The van der Waals surface area contributed by atoms with Gasteiger partial charge in [-0.25, -0.2) is 9.36 Å². The van der Waals surface area contributed by atoms with Gasteiger partial charge in [-0.2, -0.15) is 0 Å². The average molecular weight is 666 g/mol. The highest BCUT2D eigenvalue weighted by atomic mass is 31.2. The van der Waals surface area contributed by atoms with Gasteiger partial charge in [-0.15, -0.1) is 0 Å². The maximum Gasteiger partial charge on any atom is 0.472 e. The summed E-state index contributed by atoms with van der Waals surface area (Å²) in [4.78, 5) is 22.5. The minimum absolute atomic E-state index is 0.0748. The van der Waals surface area contributed by atoms with E-state index in [1.807, 2.05) is 21.1 Å². The summed E-state index contributed by atoms with van der Waals surface area (Å²) in [6.45, 7) is 15.2. The van der Waals surface area contributed by atoms with E-state index in [4.69, 9.17) is 13.8 Å². The normalized spacial score (nSPS) is 35.5. The molecule has 4 rings (SSSR count). The zero-order valence-corrected chi connectivity index (χ0v) is 31.3. The van der Waals surface area contributed by atoms with Crippen LogP contribution in [0.5, 0.6) is 0 Å². The minimum Gasteiger partial charge on any atom is -0.446 e. The molecule has 3 fully saturated rings. The lowest BCUT2D eigenvalue weighted by molar-refractivity contribution is -0.870. The number of alkyl carbamates (subject to hydrolysis) is 1. The molecule has 46 heavy (non-hydrogen) atoms. The molecule has 0 heterocycles. The molecule has 0 bridgehead atoms. The molecule has 0 aromatic heterocycles. The van der Waals surface area contributed by atoms with Crippen LogP contribution in [0, 0.1) is 52.3 Å². The first-order valence-corrected chi connectivity index (χ1v) is 19.7. The molecule has 0 aromatic carbocycles. The number of phosphoric ester groups is 1. The first kappa shape index (κ1) is 37.6. The van der Waals surface area contributed by atoms with Crippen molar-refractivity contribution in [3.05, 3.63) is 23.8 Å². The molecular formula is C37H66N2O6P+. The zero-order chi connectivity index (χ0) is 33.9. The molecule has 264 valence electrons. The summed E-state index contributed by atoms with van der Waals surface area (Å²) in [5.74, 6) is 5.06. The van der Waals surface area contributed by atoms with E-state index in [0.29, 0.717) is 40.1 Å². The lowest BCUT2D eigenvalue weighted by Gasteiger charge is -2.58. The van der Waals surface area contributed by atoms with Crippen LogP contribution in [0.1, 0.15) is 99.3 Å². The highest BCUT2D eigenvalue weighted by molar-refractivity contribution is 7.47. The second-order valence-corrected chi connectivity index (χ2v) is 18.3. The number of rotatable bonds is 14. The number of amides is 1. The van der Waals surface area contributed by atoms with E-state index in [0.717, 1.165) is 43.4 Å². The Morgan fingerprint density at radius 1 is 1.07 bits per heavy atom. The van der Waals surface area contributed by atoms with E-state index < -0.39 is 13.9 Å². The molecule has 4 aliphatic rings. The third-order valence-electron chi connectivity index (χ3n) is 12.7. The topological polar surface area (TPSA) is 94.1 Å². The number of hydrogen-bond donors (Lipinski definition) is 2. The van der Waals surface area contributed by atoms with Crippen molar-refractivity contribution in [3.8, 4) is 0 Å². The third kappa shape index (κ3) is 8.88. The van der Waals surface area contributed by atoms with Crippen molar-refractivity contribution in [2.24, 2.45) is 52.3 Å². The van der Waals surface area contributed by atoms with Crippen molar-refractivity contribution >= 4 is 13.9 Å². The van der Waals surface area contributed by atoms with Gasteiger partial charge < -0.3 is 19.4 Å². The Kier molecular flexibility index (Phi) is 12.4. The smallest absolute Gasteiger partial charge is 0.446 e. The van der Waals surface area contributed by atoms with Crippen LogP contribution in [0.2, 0.25) is 0 Å². The van der Waals surface area contributed by atoms with Crippen LogP contribution in [-0.4, -0.2) is 69.0 Å². The Morgan fingerprint density at radius 3 is 2.46 bits per heavy atom. The fourth-order valence-corrected chi connectivity index (χ4v) is 10.6. The Balaban J connectivity index is 1.27. The van der Waals surface area contributed by atoms with E-state index in [2.05, 4.69) is 65.1 Å². The van der Waals surface area contributed by atoms with Gasteiger partial charge >= 0.3 is 13.9 Å². The molecule has 2 N–H and O–H groups in total. The number of phosphoric acid groups is 1. The molecule has 3 saturated carbocycles. The molecule has 0 aromatic rings. The highest BCUT2D eigenvalue weighted by Crippen LogP contribution is 2.67. The molecule has 0 saturated heterocycles. The second-order valence-electron chi connectivity index (χ2n) is 16.9. The number of carbonyl (C=O) groups excluding carboxylic acids is 1. The van der Waals surface area contributed by atoms with E-state index >= 15 is 0 Å². The molecular weight excluding hydrogens is 599 g/mol. The lowest BCUT2D eigenvalue weighted by Crippen LogP contribution is -2.51. The summed E-state index contributed by atoms with van der Waals surface area (Å²) in [6, 6.07) is 0. The summed E-state index contributed by atoms with van der Waals surface area (Å²) in [6.07, 6.45) is 17.4. The van der Waals surface area contributed by atoms with E-state index in [1.54, 1.807) is 0 Å². The number of quaternary nitrogens is 1. The van der Waals surface area contributed by atoms with Crippen LogP contribution >= 0.6 is 7.82 Å². The zero-order valence-electron chi connectivity index (χ0n) is 30.4. The van der Waals surface area contributed by atoms with Crippen molar-refractivity contribution < 1.29 is 32.5 Å². The van der Waals surface area contributed by atoms with Gasteiger partial charge in [-0.05, 0) is 104 Å². The molecule has 1 amide bonds. The molecule has 4 unspecified atom stereocenters. The minimum atomic E-state index is -4.15. The monoisotopic (exact) mass is 665 g/mol. The van der Waals surface area contributed by atoms with Crippen LogP contribution in [0.25, 0.3) is 0 Å². The number of hydrogen-bond acceptors (Lipinski definition) is 5. The van der Waals surface area contributed by atoms with E-state index in [1.165, 1.54) is 37.7 Å². The molecule has 0 spiro atoms. The predicted octanol–water partition coefficient (Wildman–Crippen LogP) is 8.37. The molecule has 0 aliphatic heterocycles. The van der Waals surface area contributed by atoms with Gasteiger partial charge in [-0.3, -0.25) is 9.05 Å². The maximum atomic E-state index is 12.6. The van der Waals surface area contributed by atoms with Gasteiger partial charge in [0.1, 0.15) is 19.3 Å². The lowest BCUT2D eigenvalue weighted by atomic mass is 9.47. The van der Waals surface area contributed by atoms with Gasteiger partial charge in [0, 0.05) is 13.0 Å². The summed E-state index contributed by atoms with van der Waals surface area (Å²) in [5, 5.41) is 2.67. The van der Waals surface area contributed by atoms with Crippen molar-refractivity contribution in [1.29, 1.82) is 0 Å². The van der Waals surface area contributed by atoms with Crippen molar-refractivity contribution in [3.63, 3.8) is 0 Å². The first-order valence-electron chi connectivity index (χ1n) is 18.2. The number of allylic oxidation sites excluding steroid dienone is 3. The first-order chi connectivity index (χ1) is 21.5. The highest BCUT2D eigenvalue weighted by Gasteiger charge is 2.59. The SMILES string of the molecule is CC[C@H](/C=C/[C@@H](C)[C@H]1CCC2C3CC=C4C[C@@H](OC(=O)NCCOP(=O)(O)OCC[N+](C)(C)C)CC[C@]4(C)C3CC[C@@]21C)C(C)C. The maximum absolute atomic E-state index is 12.6. The molecule has 0 radical (unpaired) electrons. The van der Waals surface area contributed by atoms with E-state index in [9.17, 15) is 14.3 Å². The molecule has 9 heteroatoms. The van der Waals surface area contributed by atoms with Crippen LogP contribution in [0.15, 0.2) is 23.8 Å². The molecule has 4 aliphatic carbocycles. The van der Waals surface area contributed by atoms with Gasteiger partial charge in [0.15, 0.2) is 0 Å².